The number of nitrogens with two attached hydrogens (primary N) is 1. The zero-order valence-electron chi connectivity index (χ0n) is 12.4. The number of thiazole rings is 1. The molecule has 3 rings (SSSR count). The molecule has 2 aromatic rings. The number of hydrogen-bond donors (Lipinski definition) is 2. The molecule has 1 fully saturated rings. The molecule has 3 N–H and O–H groups in total. The molecule has 2 aromatic heterocycles. The number of carbonyl (C=O) groups excluding carboxylic acids is 1. The highest BCUT2D eigenvalue weighted by atomic mass is 32.1. The maximum absolute atomic E-state index is 12.4. The molecule has 2 heterocycles. The van der Waals surface area contributed by atoms with Crippen LogP contribution in [-0.2, 0) is 0 Å². The van der Waals surface area contributed by atoms with E-state index >= 15 is 0 Å². The molecular formula is C16H20N4OS. The van der Waals surface area contributed by atoms with Gasteiger partial charge >= 0.3 is 0 Å². The molecule has 0 radical (unpaired) electrons. The Kier molecular flexibility index (Phi) is 4.80. The Morgan fingerprint density at radius 1 is 1.32 bits per heavy atom. The summed E-state index contributed by atoms with van der Waals surface area (Å²) in [5, 5.41) is 3.90. The van der Waals surface area contributed by atoms with Crippen molar-refractivity contribution < 1.29 is 4.79 Å². The van der Waals surface area contributed by atoms with Crippen LogP contribution in [0.4, 0.5) is 0 Å². The molecule has 0 spiro atoms. The maximum Gasteiger partial charge on any atom is 0.263 e. The summed E-state index contributed by atoms with van der Waals surface area (Å²) in [7, 11) is 0. The van der Waals surface area contributed by atoms with Gasteiger partial charge in [0.25, 0.3) is 5.91 Å². The Bertz CT molecular complexity index is 628. The maximum atomic E-state index is 12.4. The van der Waals surface area contributed by atoms with E-state index in [1.807, 2.05) is 18.2 Å². The van der Waals surface area contributed by atoms with E-state index in [9.17, 15) is 4.79 Å². The predicted octanol–water partition coefficient (Wildman–Crippen LogP) is 2.45. The summed E-state index contributed by atoms with van der Waals surface area (Å²) in [5.41, 5.74) is 6.61. The van der Waals surface area contributed by atoms with Crippen LogP contribution in [0.25, 0.3) is 10.7 Å². The lowest BCUT2D eigenvalue weighted by atomic mass is 9.84. The summed E-state index contributed by atoms with van der Waals surface area (Å²) in [6.45, 7) is 0.632. The summed E-state index contributed by atoms with van der Waals surface area (Å²) < 4.78 is 0. The van der Waals surface area contributed by atoms with Crippen LogP contribution in [0.3, 0.4) is 0 Å². The van der Waals surface area contributed by atoms with Gasteiger partial charge in [-0.15, -0.1) is 11.3 Å². The Morgan fingerprint density at radius 2 is 2.18 bits per heavy atom. The van der Waals surface area contributed by atoms with E-state index in [2.05, 4.69) is 15.3 Å². The van der Waals surface area contributed by atoms with Crippen molar-refractivity contribution in [3.8, 4) is 10.7 Å². The van der Waals surface area contributed by atoms with Crippen LogP contribution in [0.2, 0.25) is 0 Å². The summed E-state index contributed by atoms with van der Waals surface area (Å²) >= 11 is 1.37. The zero-order valence-corrected chi connectivity index (χ0v) is 13.2. The molecule has 0 bridgehead atoms. The SMILES string of the molecule is NCC1CCCCC1NC(=O)c1cnc(-c2ccccn2)s1. The Labute approximate surface area is 134 Å². The minimum absolute atomic E-state index is 0.0509. The average Bonchev–Trinajstić information content (AvgIpc) is 3.06. The second-order valence-corrected chi connectivity index (χ2v) is 6.64. The van der Waals surface area contributed by atoms with Crippen molar-refractivity contribution in [1.82, 2.24) is 15.3 Å². The molecule has 22 heavy (non-hydrogen) atoms. The summed E-state index contributed by atoms with van der Waals surface area (Å²) in [4.78, 5) is 21.6. The van der Waals surface area contributed by atoms with Crippen molar-refractivity contribution in [3.05, 3.63) is 35.5 Å². The molecule has 116 valence electrons. The van der Waals surface area contributed by atoms with Crippen LogP contribution in [0, 0.1) is 5.92 Å². The fraction of sp³-hybridized carbons (Fsp3) is 0.438. The van der Waals surface area contributed by atoms with E-state index in [-0.39, 0.29) is 11.9 Å². The van der Waals surface area contributed by atoms with Crippen molar-refractivity contribution in [2.24, 2.45) is 11.7 Å². The number of rotatable bonds is 4. The fourth-order valence-electron chi connectivity index (χ4n) is 2.91. The van der Waals surface area contributed by atoms with E-state index in [0.29, 0.717) is 17.3 Å². The number of pyridine rings is 1. The molecule has 1 aliphatic carbocycles. The van der Waals surface area contributed by atoms with Gasteiger partial charge in [0.2, 0.25) is 0 Å². The van der Waals surface area contributed by atoms with E-state index in [4.69, 9.17) is 5.73 Å². The lowest BCUT2D eigenvalue weighted by molar-refractivity contribution is 0.0912. The summed E-state index contributed by atoms with van der Waals surface area (Å²) in [5.74, 6) is 0.339. The monoisotopic (exact) mass is 316 g/mol. The van der Waals surface area contributed by atoms with Crippen molar-refractivity contribution in [1.29, 1.82) is 0 Å². The Hall–Kier alpha value is -1.79. The minimum atomic E-state index is -0.0509. The lowest BCUT2D eigenvalue weighted by Crippen LogP contribution is -2.44. The number of aromatic nitrogens is 2. The first-order chi connectivity index (χ1) is 10.8. The largest absolute Gasteiger partial charge is 0.348 e. The Balaban J connectivity index is 1.69. The number of hydrogen-bond acceptors (Lipinski definition) is 5. The summed E-state index contributed by atoms with van der Waals surface area (Å²) in [6.07, 6.45) is 7.83. The second-order valence-electron chi connectivity index (χ2n) is 5.60. The van der Waals surface area contributed by atoms with Gasteiger partial charge in [-0.1, -0.05) is 18.9 Å². The third-order valence-corrected chi connectivity index (χ3v) is 5.16. The molecule has 0 saturated heterocycles. The lowest BCUT2D eigenvalue weighted by Gasteiger charge is -2.31. The van der Waals surface area contributed by atoms with Gasteiger partial charge in [-0.2, -0.15) is 0 Å². The average molecular weight is 316 g/mol. The molecule has 2 atom stereocenters. The standard InChI is InChI=1S/C16H20N4OS/c17-9-11-5-1-2-6-12(11)20-15(21)14-10-19-16(22-14)13-7-3-4-8-18-13/h3-4,7-8,10-12H,1-2,5-6,9,17H2,(H,20,21). The van der Waals surface area contributed by atoms with Crippen LogP contribution >= 0.6 is 11.3 Å². The Morgan fingerprint density at radius 3 is 2.95 bits per heavy atom. The van der Waals surface area contributed by atoms with Crippen LogP contribution < -0.4 is 11.1 Å². The number of carbonyl (C=O) groups is 1. The molecular weight excluding hydrogens is 296 g/mol. The third-order valence-electron chi connectivity index (χ3n) is 4.14. The van der Waals surface area contributed by atoms with E-state index in [0.717, 1.165) is 30.0 Å². The topological polar surface area (TPSA) is 80.9 Å². The normalized spacial score (nSPS) is 21.5. The molecule has 1 amide bonds. The van der Waals surface area contributed by atoms with Crippen LogP contribution in [0.1, 0.15) is 35.4 Å². The highest BCUT2D eigenvalue weighted by molar-refractivity contribution is 7.16. The van der Waals surface area contributed by atoms with Crippen LogP contribution in [-0.4, -0.2) is 28.5 Å². The van der Waals surface area contributed by atoms with E-state index in [1.165, 1.54) is 17.8 Å². The first-order valence-electron chi connectivity index (χ1n) is 7.66. The first-order valence-corrected chi connectivity index (χ1v) is 8.47. The van der Waals surface area contributed by atoms with Crippen LogP contribution in [0.5, 0.6) is 0 Å². The molecule has 6 heteroatoms. The number of nitrogens with zero attached hydrogens (tertiary/aromatic N) is 2. The second kappa shape index (κ2) is 6.98. The third kappa shape index (κ3) is 3.34. The fourth-order valence-corrected chi connectivity index (χ4v) is 3.70. The molecule has 2 unspecified atom stereocenters. The molecule has 0 aromatic carbocycles. The van der Waals surface area contributed by atoms with Gasteiger partial charge in [-0.25, -0.2) is 4.98 Å². The molecule has 0 aliphatic heterocycles. The van der Waals surface area contributed by atoms with Crippen molar-refractivity contribution in [2.75, 3.05) is 6.54 Å². The highest BCUT2D eigenvalue weighted by Gasteiger charge is 2.26. The van der Waals surface area contributed by atoms with Crippen molar-refractivity contribution in [2.45, 2.75) is 31.7 Å². The number of amides is 1. The summed E-state index contributed by atoms with van der Waals surface area (Å²) in [6, 6.07) is 5.86. The van der Waals surface area contributed by atoms with Gasteiger partial charge in [-0.3, -0.25) is 9.78 Å². The minimum Gasteiger partial charge on any atom is -0.348 e. The zero-order chi connectivity index (χ0) is 15.4. The quantitative estimate of drug-likeness (QED) is 0.908. The van der Waals surface area contributed by atoms with Crippen LogP contribution in [0.15, 0.2) is 30.6 Å². The molecule has 1 saturated carbocycles. The highest BCUT2D eigenvalue weighted by Crippen LogP contribution is 2.26. The van der Waals surface area contributed by atoms with Gasteiger partial charge in [0.05, 0.1) is 11.9 Å². The van der Waals surface area contributed by atoms with Gasteiger partial charge in [-0.05, 0) is 37.4 Å². The van der Waals surface area contributed by atoms with Gasteiger partial charge in [0.15, 0.2) is 0 Å². The molecule has 1 aliphatic rings. The first kappa shape index (κ1) is 15.1. The smallest absolute Gasteiger partial charge is 0.263 e. The van der Waals surface area contributed by atoms with Gasteiger partial charge < -0.3 is 11.1 Å². The van der Waals surface area contributed by atoms with E-state index in [1.54, 1.807) is 12.4 Å². The van der Waals surface area contributed by atoms with Gasteiger partial charge in [0.1, 0.15) is 9.88 Å². The predicted molar refractivity (Wildman–Crippen MR) is 87.6 cm³/mol. The molecule has 5 nitrogen and oxygen atoms in total. The van der Waals surface area contributed by atoms with Crippen molar-refractivity contribution >= 4 is 17.2 Å². The van der Waals surface area contributed by atoms with E-state index < -0.39 is 0 Å². The van der Waals surface area contributed by atoms with Gasteiger partial charge in [0, 0.05) is 12.2 Å². The van der Waals surface area contributed by atoms with Crippen molar-refractivity contribution in [3.63, 3.8) is 0 Å². The number of nitrogens with one attached hydrogen (secondary N) is 1.